The Morgan fingerprint density at radius 3 is 2.33 bits per heavy atom. The lowest BCUT2D eigenvalue weighted by Gasteiger charge is -2.30. The number of carboxylic acids is 1. The molecule has 1 aromatic heterocycles. The molecule has 118 valence electrons. The maximum atomic E-state index is 12.8. The lowest BCUT2D eigenvalue weighted by Crippen LogP contribution is -2.41. The number of rotatable bonds is 4. The Hall–Kier alpha value is -1.38. The lowest BCUT2D eigenvalue weighted by molar-refractivity contribution is 0.0629. The molecule has 1 aliphatic heterocycles. The molecule has 7 nitrogen and oxygen atoms in total. The van der Waals surface area contributed by atoms with E-state index >= 15 is 0 Å². The summed E-state index contributed by atoms with van der Waals surface area (Å²) in [4.78, 5) is 11.1. The molecule has 0 spiro atoms. The fourth-order valence-electron chi connectivity index (χ4n) is 2.61. The van der Waals surface area contributed by atoms with Crippen LogP contribution in [0.5, 0.6) is 0 Å². The minimum atomic E-state index is -3.92. The van der Waals surface area contributed by atoms with Gasteiger partial charge in [0, 0.05) is 26.3 Å². The molecule has 0 amide bonds. The lowest BCUT2D eigenvalue weighted by atomic mass is 10.1. The predicted octanol–water partition coefficient (Wildman–Crippen LogP) is 1.39. The van der Waals surface area contributed by atoms with Gasteiger partial charge >= 0.3 is 5.97 Å². The summed E-state index contributed by atoms with van der Waals surface area (Å²) in [5.74, 6) is -1.11. The van der Waals surface area contributed by atoms with Crippen LogP contribution in [0.4, 0.5) is 0 Å². The van der Waals surface area contributed by atoms with E-state index in [1.165, 1.54) is 25.2 Å². The van der Waals surface area contributed by atoms with E-state index in [4.69, 9.17) is 9.15 Å². The molecule has 21 heavy (non-hydrogen) atoms. The number of carbonyl (C=O) groups is 1. The molecule has 0 unspecified atom stereocenters. The predicted molar refractivity (Wildman–Crippen MR) is 73.9 cm³/mol. The van der Waals surface area contributed by atoms with Crippen LogP contribution in [0, 0.1) is 13.8 Å². The minimum Gasteiger partial charge on any atom is -0.478 e. The van der Waals surface area contributed by atoms with Gasteiger partial charge in [-0.25, -0.2) is 13.2 Å². The number of nitrogens with zero attached hydrogens (tertiary/aromatic N) is 1. The van der Waals surface area contributed by atoms with Crippen molar-refractivity contribution in [3.8, 4) is 0 Å². The molecule has 0 saturated carbocycles. The largest absolute Gasteiger partial charge is 0.478 e. The number of carboxylic acid groups (broad SMARTS) is 1. The highest BCUT2D eigenvalue weighted by Gasteiger charge is 2.36. The highest BCUT2D eigenvalue weighted by atomic mass is 32.2. The first-order valence-corrected chi connectivity index (χ1v) is 8.10. The zero-order chi connectivity index (χ0) is 15.8. The first kappa shape index (κ1) is 16.0. The number of aromatic carboxylic acids is 1. The fourth-order valence-corrected chi connectivity index (χ4v) is 4.40. The normalized spacial score (nSPS) is 17.3. The van der Waals surface area contributed by atoms with Crippen LogP contribution in [-0.2, 0) is 14.8 Å². The minimum absolute atomic E-state index is 0.0963. The van der Waals surface area contributed by atoms with Crippen LogP contribution >= 0.6 is 0 Å². The second kappa shape index (κ2) is 5.78. The van der Waals surface area contributed by atoms with E-state index in [0.29, 0.717) is 26.1 Å². The Bertz CT molecular complexity index is 642. The monoisotopic (exact) mass is 317 g/mol. The van der Waals surface area contributed by atoms with Crippen molar-refractivity contribution < 1.29 is 27.5 Å². The van der Waals surface area contributed by atoms with Gasteiger partial charge in [-0.2, -0.15) is 4.31 Å². The van der Waals surface area contributed by atoms with Crippen LogP contribution in [0.25, 0.3) is 0 Å². The van der Waals surface area contributed by atoms with Crippen molar-refractivity contribution in [2.45, 2.75) is 37.6 Å². The van der Waals surface area contributed by atoms with Gasteiger partial charge in [0.1, 0.15) is 22.0 Å². The summed E-state index contributed by atoms with van der Waals surface area (Å²) < 4.78 is 37.2. The molecule has 1 N–H and O–H groups in total. The second-order valence-electron chi connectivity index (χ2n) is 5.09. The van der Waals surface area contributed by atoms with Gasteiger partial charge in [-0.05, 0) is 26.7 Å². The zero-order valence-corrected chi connectivity index (χ0v) is 13.1. The van der Waals surface area contributed by atoms with E-state index in [-0.39, 0.29) is 28.0 Å². The van der Waals surface area contributed by atoms with Crippen LogP contribution in [0.15, 0.2) is 9.31 Å². The molecule has 0 aliphatic carbocycles. The van der Waals surface area contributed by atoms with Gasteiger partial charge in [0.25, 0.3) is 0 Å². The van der Waals surface area contributed by atoms with Gasteiger partial charge in [0.15, 0.2) is 0 Å². The summed E-state index contributed by atoms with van der Waals surface area (Å²) in [6, 6.07) is -0.194. The smallest absolute Gasteiger partial charge is 0.340 e. The van der Waals surface area contributed by atoms with Crippen molar-refractivity contribution in [3.63, 3.8) is 0 Å². The fraction of sp³-hybridized carbons (Fsp3) is 0.615. The first-order valence-electron chi connectivity index (χ1n) is 6.66. The van der Waals surface area contributed by atoms with E-state index < -0.39 is 16.0 Å². The van der Waals surface area contributed by atoms with Crippen molar-refractivity contribution in [1.82, 2.24) is 4.31 Å². The topological polar surface area (TPSA) is 97.0 Å². The molecule has 2 rings (SSSR count). The van der Waals surface area contributed by atoms with E-state index in [1.807, 2.05) is 0 Å². The number of aryl methyl sites for hydroxylation is 2. The molecule has 1 aliphatic rings. The average molecular weight is 317 g/mol. The number of sulfonamides is 1. The molecule has 0 radical (unpaired) electrons. The van der Waals surface area contributed by atoms with Crippen molar-refractivity contribution >= 4 is 16.0 Å². The number of hydrogen-bond donors (Lipinski definition) is 1. The van der Waals surface area contributed by atoms with Crippen molar-refractivity contribution in [2.75, 3.05) is 20.3 Å². The van der Waals surface area contributed by atoms with E-state index in [1.54, 1.807) is 0 Å². The summed E-state index contributed by atoms with van der Waals surface area (Å²) in [6.07, 6.45) is 1.18. The van der Waals surface area contributed by atoms with Crippen molar-refractivity contribution in [3.05, 3.63) is 17.1 Å². The second-order valence-corrected chi connectivity index (χ2v) is 7.02. The summed E-state index contributed by atoms with van der Waals surface area (Å²) in [6.45, 7) is 3.91. The third-order valence-electron chi connectivity index (χ3n) is 3.76. The molecular weight excluding hydrogens is 298 g/mol. The highest BCUT2D eigenvalue weighted by Crippen LogP contribution is 2.30. The molecule has 1 saturated heterocycles. The maximum Gasteiger partial charge on any atom is 0.340 e. The molecule has 0 aromatic carbocycles. The third kappa shape index (κ3) is 2.83. The van der Waals surface area contributed by atoms with Crippen LogP contribution in [0.3, 0.4) is 0 Å². The van der Waals surface area contributed by atoms with Gasteiger partial charge in [0.05, 0.1) is 0 Å². The molecule has 1 aromatic rings. The Labute approximate surface area is 123 Å². The Balaban J connectivity index is 2.46. The molecule has 0 bridgehead atoms. The maximum absolute atomic E-state index is 12.8. The van der Waals surface area contributed by atoms with Crippen LogP contribution < -0.4 is 0 Å². The van der Waals surface area contributed by atoms with Crippen LogP contribution in [0.2, 0.25) is 0 Å². The number of ether oxygens (including phenoxy) is 1. The van der Waals surface area contributed by atoms with Gasteiger partial charge in [-0.3, -0.25) is 0 Å². The van der Waals surface area contributed by atoms with Gasteiger partial charge < -0.3 is 14.3 Å². The summed E-state index contributed by atoms with van der Waals surface area (Å²) >= 11 is 0. The van der Waals surface area contributed by atoms with Gasteiger partial charge in [-0.15, -0.1) is 0 Å². The highest BCUT2D eigenvalue weighted by molar-refractivity contribution is 7.89. The van der Waals surface area contributed by atoms with E-state index in [0.717, 1.165) is 0 Å². The molecule has 0 atom stereocenters. The SMILES string of the molecule is Cc1oc(C)c(S(=O)(=O)N(C)C2CCOCC2)c1C(=O)O. The number of hydrogen-bond acceptors (Lipinski definition) is 5. The van der Waals surface area contributed by atoms with Crippen molar-refractivity contribution in [1.29, 1.82) is 0 Å². The van der Waals surface area contributed by atoms with Gasteiger partial charge in [0.2, 0.25) is 10.0 Å². The molecule has 2 heterocycles. The average Bonchev–Trinajstić information content (AvgIpc) is 2.74. The zero-order valence-electron chi connectivity index (χ0n) is 12.2. The molecule has 1 fully saturated rings. The van der Waals surface area contributed by atoms with E-state index in [2.05, 4.69) is 0 Å². The summed E-state index contributed by atoms with van der Waals surface area (Å²) in [5, 5.41) is 9.25. The van der Waals surface area contributed by atoms with Gasteiger partial charge in [-0.1, -0.05) is 0 Å². The first-order chi connectivity index (χ1) is 9.76. The molecular formula is C13H19NO6S. The quantitative estimate of drug-likeness (QED) is 0.901. The van der Waals surface area contributed by atoms with Crippen LogP contribution in [-0.4, -0.2) is 50.1 Å². The third-order valence-corrected chi connectivity index (χ3v) is 5.82. The van der Waals surface area contributed by atoms with Crippen LogP contribution in [0.1, 0.15) is 34.7 Å². The molecule has 8 heteroatoms. The Kier molecular flexibility index (Phi) is 4.40. The Morgan fingerprint density at radius 2 is 1.81 bits per heavy atom. The van der Waals surface area contributed by atoms with E-state index in [9.17, 15) is 18.3 Å². The summed E-state index contributed by atoms with van der Waals surface area (Å²) in [5.41, 5.74) is -0.286. The standard InChI is InChI=1S/C13H19NO6S/c1-8-11(13(15)16)12(9(2)20-8)21(17,18)14(3)10-4-6-19-7-5-10/h10H,4-7H2,1-3H3,(H,15,16). The van der Waals surface area contributed by atoms with Crippen molar-refractivity contribution in [2.24, 2.45) is 0 Å². The summed E-state index contributed by atoms with van der Waals surface area (Å²) in [7, 11) is -2.45. The number of furan rings is 1. The Morgan fingerprint density at radius 1 is 1.24 bits per heavy atom.